The van der Waals surface area contributed by atoms with Gasteiger partial charge in [-0.05, 0) is 12.5 Å². The number of sulfone groups is 1. The van der Waals surface area contributed by atoms with Crippen LogP contribution in [0.1, 0.15) is 30.6 Å². The van der Waals surface area contributed by atoms with Crippen LogP contribution >= 0.6 is 0 Å². The molecule has 1 rings (SSSR count). The standard InChI is InChI=1S/C13H21N3O3S/c1-3-6-15-12-10-14-7-5-11(12)13(17)16-8-9-20(18,19)4-2/h5,7,10,15H,3-4,6,8-9H2,1-2H3,(H,16,17). The second-order valence-corrected chi connectivity index (χ2v) is 6.81. The number of nitrogens with one attached hydrogen (secondary N) is 2. The Morgan fingerprint density at radius 3 is 2.70 bits per heavy atom. The van der Waals surface area contributed by atoms with Crippen LogP contribution < -0.4 is 10.6 Å². The summed E-state index contributed by atoms with van der Waals surface area (Å²) in [5.41, 5.74) is 1.13. The van der Waals surface area contributed by atoms with Crippen LogP contribution in [0.3, 0.4) is 0 Å². The zero-order valence-corrected chi connectivity index (χ0v) is 12.7. The molecule has 7 heteroatoms. The third kappa shape index (κ3) is 5.16. The fraction of sp³-hybridized carbons (Fsp3) is 0.538. The fourth-order valence-corrected chi connectivity index (χ4v) is 2.25. The first-order valence-corrected chi connectivity index (χ1v) is 8.48. The molecular weight excluding hydrogens is 278 g/mol. The van der Waals surface area contributed by atoms with Crippen molar-refractivity contribution in [1.29, 1.82) is 0 Å². The number of carbonyl (C=O) groups excluding carboxylic acids is 1. The molecule has 112 valence electrons. The summed E-state index contributed by atoms with van der Waals surface area (Å²) in [4.78, 5) is 16.0. The lowest BCUT2D eigenvalue weighted by atomic mass is 10.2. The maximum Gasteiger partial charge on any atom is 0.253 e. The highest BCUT2D eigenvalue weighted by Gasteiger charge is 2.12. The van der Waals surface area contributed by atoms with Crippen LogP contribution in [-0.2, 0) is 9.84 Å². The van der Waals surface area contributed by atoms with Crippen LogP contribution in [0.4, 0.5) is 5.69 Å². The molecule has 1 heterocycles. The fourth-order valence-electron chi connectivity index (χ4n) is 1.55. The van der Waals surface area contributed by atoms with Crippen LogP contribution in [0.5, 0.6) is 0 Å². The Hall–Kier alpha value is -1.63. The molecule has 0 aliphatic carbocycles. The molecular formula is C13H21N3O3S. The molecule has 0 atom stereocenters. The van der Waals surface area contributed by atoms with E-state index in [1.807, 2.05) is 6.92 Å². The van der Waals surface area contributed by atoms with Gasteiger partial charge in [-0.25, -0.2) is 8.42 Å². The Morgan fingerprint density at radius 2 is 2.05 bits per heavy atom. The minimum Gasteiger partial charge on any atom is -0.383 e. The highest BCUT2D eigenvalue weighted by atomic mass is 32.2. The summed E-state index contributed by atoms with van der Waals surface area (Å²) in [6.07, 6.45) is 4.06. The highest BCUT2D eigenvalue weighted by Crippen LogP contribution is 2.13. The van der Waals surface area contributed by atoms with Gasteiger partial charge in [0.1, 0.15) is 0 Å². The highest BCUT2D eigenvalue weighted by molar-refractivity contribution is 7.91. The number of aromatic nitrogens is 1. The van der Waals surface area contributed by atoms with Crippen molar-refractivity contribution in [2.24, 2.45) is 0 Å². The molecule has 1 amide bonds. The van der Waals surface area contributed by atoms with E-state index >= 15 is 0 Å². The number of hydrogen-bond acceptors (Lipinski definition) is 5. The molecule has 0 unspecified atom stereocenters. The van der Waals surface area contributed by atoms with Gasteiger partial charge >= 0.3 is 0 Å². The van der Waals surface area contributed by atoms with Crippen LogP contribution in [0.2, 0.25) is 0 Å². The molecule has 1 aromatic rings. The van der Waals surface area contributed by atoms with Crippen molar-refractivity contribution < 1.29 is 13.2 Å². The summed E-state index contributed by atoms with van der Waals surface area (Å²) >= 11 is 0. The van der Waals surface area contributed by atoms with Crippen LogP contribution in [0, 0.1) is 0 Å². The summed E-state index contributed by atoms with van der Waals surface area (Å²) in [6.45, 7) is 4.48. The average Bonchev–Trinajstić information content (AvgIpc) is 2.45. The molecule has 0 radical (unpaired) electrons. The van der Waals surface area contributed by atoms with Gasteiger partial charge in [0.2, 0.25) is 0 Å². The predicted molar refractivity (Wildman–Crippen MR) is 79.7 cm³/mol. The maximum absolute atomic E-state index is 12.0. The van der Waals surface area contributed by atoms with Gasteiger partial charge in [-0.2, -0.15) is 0 Å². The van der Waals surface area contributed by atoms with Crippen LogP contribution in [-0.4, -0.2) is 43.9 Å². The van der Waals surface area contributed by atoms with Crippen molar-refractivity contribution in [3.05, 3.63) is 24.0 Å². The SMILES string of the molecule is CCCNc1cnccc1C(=O)NCCS(=O)(=O)CC. The predicted octanol–water partition coefficient (Wildman–Crippen LogP) is 1.07. The summed E-state index contributed by atoms with van der Waals surface area (Å²) in [6, 6.07) is 1.61. The second kappa shape index (κ2) is 7.84. The molecule has 1 aromatic heterocycles. The average molecular weight is 299 g/mol. The number of hydrogen-bond donors (Lipinski definition) is 2. The third-order valence-corrected chi connectivity index (χ3v) is 4.48. The molecule has 0 aromatic carbocycles. The number of pyridine rings is 1. The molecule has 20 heavy (non-hydrogen) atoms. The molecule has 0 saturated carbocycles. The quantitative estimate of drug-likeness (QED) is 0.749. The lowest BCUT2D eigenvalue weighted by Gasteiger charge is -2.11. The summed E-state index contributed by atoms with van der Waals surface area (Å²) in [7, 11) is -3.06. The number of anilines is 1. The lowest BCUT2D eigenvalue weighted by Crippen LogP contribution is -2.30. The van der Waals surface area contributed by atoms with E-state index in [1.54, 1.807) is 19.2 Å². The first-order chi connectivity index (χ1) is 9.50. The number of nitrogens with zero attached hydrogens (tertiary/aromatic N) is 1. The van der Waals surface area contributed by atoms with E-state index in [9.17, 15) is 13.2 Å². The van der Waals surface area contributed by atoms with Gasteiger partial charge in [0.15, 0.2) is 9.84 Å². The zero-order valence-electron chi connectivity index (χ0n) is 11.8. The Bertz CT molecular complexity index is 544. The minimum atomic E-state index is -3.06. The molecule has 6 nitrogen and oxygen atoms in total. The van der Waals surface area contributed by atoms with Crippen LogP contribution in [0.25, 0.3) is 0 Å². The Morgan fingerprint density at radius 1 is 1.30 bits per heavy atom. The first-order valence-electron chi connectivity index (χ1n) is 6.66. The summed E-state index contributed by atoms with van der Waals surface area (Å²) in [5.74, 6) is -0.253. The van der Waals surface area contributed by atoms with Gasteiger partial charge in [-0.3, -0.25) is 9.78 Å². The smallest absolute Gasteiger partial charge is 0.253 e. The van der Waals surface area contributed by atoms with Crippen molar-refractivity contribution in [1.82, 2.24) is 10.3 Å². The molecule has 0 aliphatic rings. The number of amides is 1. The van der Waals surface area contributed by atoms with E-state index in [4.69, 9.17) is 0 Å². The first kappa shape index (κ1) is 16.4. The maximum atomic E-state index is 12.0. The van der Waals surface area contributed by atoms with E-state index in [1.165, 1.54) is 6.20 Å². The van der Waals surface area contributed by atoms with Gasteiger partial charge in [-0.1, -0.05) is 13.8 Å². The molecule has 2 N–H and O–H groups in total. The lowest BCUT2D eigenvalue weighted by molar-refractivity contribution is 0.0957. The van der Waals surface area contributed by atoms with Crippen molar-refractivity contribution in [3.8, 4) is 0 Å². The minimum absolute atomic E-state index is 0.0436. The van der Waals surface area contributed by atoms with E-state index in [0.29, 0.717) is 11.3 Å². The number of carbonyl (C=O) groups is 1. The van der Waals surface area contributed by atoms with Gasteiger partial charge in [0.25, 0.3) is 5.91 Å². The van der Waals surface area contributed by atoms with E-state index in [2.05, 4.69) is 15.6 Å². The third-order valence-electron chi connectivity index (χ3n) is 2.77. The topological polar surface area (TPSA) is 88.2 Å². The molecule has 0 saturated heterocycles. The molecule has 0 aliphatic heterocycles. The molecule has 0 fully saturated rings. The van der Waals surface area contributed by atoms with Gasteiger partial charge in [0, 0.05) is 25.0 Å². The van der Waals surface area contributed by atoms with E-state index in [-0.39, 0.29) is 24.0 Å². The van der Waals surface area contributed by atoms with Gasteiger partial charge in [0.05, 0.1) is 23.2 Å². The van der Waals surface area contributed by atoms with Crippen molar-refractivity contribution in [2.45, 2.75) is 20.3 Å². The second-order valence-electron chi connectivity index (χ2n) is 4.34. The van der Waals surface area contributed by atoms with E-state index < -0.39 is 9.84 Å². The number of rotatable bonds is 8. The zero-order chi connectivity index (χ0) is 15.0. The van der Waals surface area contributed by atoms with Crippen molar-refractivity contribution in [3.63, 3.8) is 0 Å². The Kier molecular flexibility index (Phi) is 6.44. The van der Waals surface area contributed by atoms with Crippen LogP contribution in [0.15, 0.2) is 18.5 Å². The van der Waals surface area contributed by atoms with E-state index in [0.717, 1.165) is 13.0 Å². The summed E-state index contributed by atoms with van der Waals surface area (Å²) < 4.78 is 22.7. The van der Waals surface area contributed by atoms with Crippen molar-refractivity contribution in [2.75, 3.05) is 29.9 Å². The molecule has 0 spiro atoms. The van der Waals surface area contributed by atoms with Gasteiger partial charge in [-0.15, -0.1) is 0 Å². The Balaban J connectivity index is 2.63. The monoisotopic (exact) mass is 299 g/mol. The molecule has 0 bridgehead atoms. The normalized spacial score (nSPS) is 11.1. The largest absolute Gasteiger partial charge is 0.383 e. The van der Waals surface area contributed by atoms with Gasteiger partial charge < -0.3 is 10.6 Å². The van der Waals surface area contributed by atoms with Crippen molar-refractivity contribution >= 4 is 21.4 Å². The summed E-state index contributed by atoms with van der Waals surface area (Å²) in [5, 5.41) is 5.74. The Labute approximate surface area is 119 Å².